The molecule has 1 aromatic carbocycles. The summed E-state index contributed by atoms with van der Waals surface area (Å²) in [5.41, 5.74) is 5.75. The number of carbonyl (C=O) groups is 3. The molecule has 0 saturated carbocycles. The van der Waals surface area contributed by atoms with Crippen molar-refractivity contribution in [3.05, 3.63) is 34.7 Å². The highest BCUT2D eigenvalue weighted by Crippen LogP contribution is 2.27. The highest BCUT2D eigenvalue weighted by atomic mass is 32.2. The zero-order valence-electron chi connectivity index (χ0n) is 11.7. The molecule has 0 fully saturated rings. The lowest BCUT2D eigenvalue weighted by Crippen LogP contribution is -2.23. The molecule has 0 spiro atoms. The van der Waals surface area contributed by atoms with Gasteiger partial charge in [-0.15, -0.1) is 0 Å². The number of carbonyl (C=O) groups excluding carboxylic acids is 3. The van der Waals surface area contributed by atoms with Crippen LogP contribution in [-0.4, -0.2) is 29.5 Å². The van der Waals surface area contributed by atoms with E-state index in [0.717, 1.165) is 17.3 Å². The maximum Gasteiger partial charge on any atom is 0.286 e. The number of hydrogen-bond donors (Lipinski definition) is 2. The molecule has 0 bridgehead atoms. The van der Waals surface area contributed by atoms with Gasteiger partial charge in [0.25, 0.3) is 11.8 Å². The zero-order valence-corrected chi connectivity index (χ0v) is 12.5. The fourth-order valence-corrected chi connectivity index (χ4v) is 2.44. The normalized spacial score (nSPS) is 15.6. The van der Waals surface area contributed by atoms with Crippen LogP contribution in [0.2, 0.25) is 0 Å². The van der Waals surface area contributed by atoms with E-state index in [2.05, 4.69) is 10.3 Å². The molecule has 0 aliphatic carbocycles. The molecule has 1 heterocycles. The molecular weight excluding hydrogens is 306 g/mol. The number of nitrogens with zero attached hydrogens (tertiary/aromatic N) is 1. The Morgan fingerprint density at radius 3 is 2.64 bits per heavy atom. The van der Waals surface area contributed by atoms with E-state index in [1.807, 2.05) is 0 Å². The number of amidine groups is 1. The average Bonchev–Trinajstić information content (AvgIpc) is 2.77. The van der Waals surface area contributed by atoms with E-state index in [9.17, 15) is 14.4 Å². The maximum atomic E-state index is 11.7. The van der Waals surface area contributed by atoms with Crippen molar-refractivity contribution in [2.45, 2.75) is 6.92 Å². The van der Waals surface area contributed by atoms with Crippen molar-refractivity contribution in [3.8, 4) is 5.75 Å². The largest absolute Gasteiger partial charge is 0.484 e. The van der Waals surface area contributed by atoms with Gasteiger partial charge in [0.1, 0.15) is 5.75 Å². The Bertz CT molecular complexity index is 680. The second-order valence-corrected chi connectivity index (χ2v) is 5.37. The molecular formula is C14H13N3O4S. The lowest BCUT2D eigenvalue weighted by molar-refractivity contribution is -0.120. The summed E-state index contributed by atoms with van der Waals surface area (Å²) in [5.74, 6) is -0.734. The molecule has 114 valence electrons. The predicted molar refractivity (Wildman–Crippen MR) is 83.0 cm³/mol. The van der Waals surface area contributed by atoms with Crippen LogP contribution in [0.1, 0.15) is 12.5 Å². The summed E-state index contributed by atoms with van der Waals surface area (Å²) in [6.07, 6.45) is 1.66. The molecule has 1 aliphatic rings. The van der Waals surface area contributed by atoms with Crippen molar-refractivity contribution in [2.75, 3.05) is 6.61 Å². The van der Waals surface area contributed by atoms with Gasteiger partial charge in [-0.05, 0) is 35.5 Å². The summed E-state index contributed by atoms with van der Waals surface area (Å²) in [6, 6.07) is 6.78. The monoisotopic (exact) mass is 319 g/mol. The van der Waals surface area contributed by atoms with E-state index in [1.165, 1.54) is 6.92 Å². The molecule has 2 rings (SSSR count). The number of primary amides is 1. The van der Waals surface area contributed by atoms with Gasteiger partial charge in [-0.3, -0.25) is 14.4 Å². The first-order valence-electron chi connectivity index (χ1n) is 6.25. The Labute approximate surface area is 130 Å². The molecule has 0 unspecified atom stereocenters. The number of nitrogens with two attached hydrogens (primary N) is 1. The molecule has 3 N–H and O–H groups in total. The van der Waals surface area contributed by atoms with Crippen LogP contribution in [0, 0.1) is 0 Å². The summed E-state index contributed by atoms with van der Waals surface area (Å²) >= 11 is 1.10. The van der Waals surface area contributed by atoms with Gasteiger partial charge in [-0.2, -0.15) is 4.99 Å². The lowest BCUT2D eigenvalue weighted by Gasteiger charge is -2.03. The van der Waals surface area contributed by atoms with Crippen LogP contribution < -0.4 is 15.8 Å². The van der Waals surface area contributed by atoms with E-state index in [4.69, 9.17) is 10.5 Å². The van der Waals surface area contributed by atoms with E-state index in [1.54, 1.807) is 30.3 Å². The van der Waals surface area contributed by atoms with E-state index in [0.29, 0.717) is 10.7 Å². The molecule has 0 aromatic heterocycles. The Morgan fingerprint density at radius 1 is 1.36 bits per heavy atom. The average molecular weight is 319 g/mol. The van der Waals surface area contributed by atoms with Gasteiger partial charge in [-0.1, -0.05) is 12.1 Å². The van der Waals surface area contributed by atoms with Crippen molar-refractivity contribution in [2.24, 2.45) is 10.7 Å². The number of hydrogen-bond acceptors (Lipinski definition) is 5. The highest BCUT2D eigenvalue weighted by Gasteiger charge is 2.22. The van der Waals surface area contributed by atoms with Crippen molar-refractivity contribution >= 4 is 40.7 Å². The van der Waals surface area contributed by atoms with Crippen molar-refractivity contribution in [3.63, 3.8) is 0 Å². The van der Waals surface area contributed by atoms with Gasteiger partial charge >= 0.3 is 0 Å². The molecule has 0 saturated heterocycles. The van der Waals surface area contributed by atoms with E-state index in [-0.39, 0.29) is 17.7 Å². The van der Waals surface area contributed by atoms with Crippen LogP contribution in [0.15, 0.2) is 34.2 Å². The van der Waals surface area contributed by atoms with E-state index < -0.39 is 11.8 Å². The van der Waals surface area contributed by atoms with Gasteiger partial charge in [0.05, 0.1) is 4.91 Å². The minimum absolute atomic E-state index is 0.192. The van der Waals surface area contributed by atoms with Gasteiger partial charge in [0.2, 0.25) is 5.91 Å². The summed E-state index contributed by atoms with van der Waals surface area (Å²) in [4.78, 5) is 37.4. The molecule has 7 nitrogen and oxygen atoms in total. The standard InChI is InChI=1S/C14H13N3O4S/c1-8(18)16-14-17-13(20)11(22-14)6-9-2-4-10(5-3-9)21-7-12(15)19/h2-6H,7H2,1H3,(H2,15,19)(H,16,17,18,20)/b11-6+. The van der Waals surface area contributed by atoms with Crippen LogP contribution in [0.5, 0.6) is 5.75 Å². The third-order valence-electron chi connectivity index (χ3n) is 2.46. The number of benzene rings is 1. The second-order valence-electron chi connectivity index (χ2n) is 4.34. The highest BCUT2D eigenvalue weighted by molar-refractivity contribution is 8.18. The fourth-order valence-electron chi connectivity index (χ4n) is 1.58. The van der Waals surface area contributed by atoms with Gasteiger partial charge < -0.3 is 15.8 Å². The smallest absolute Gasteiger partial charge is 0.286 e. The van der Waals surface area contributed by atoms with Crippen molar-refractivity contribution in [1.82, 2.24) is 5.32 Å². The van der Waals surface area contributed by atoms with Crippen molar-refractivity contribution in [1.29, 1.82) is 0 Å². The first-order valence-corrected chi connectivity index (χ1v) is 7.07. The van der Waals surface area contributed by atoms with Crippen LogP contribution in [0.25, 0.3) is 6.08 Å². The minimum Gasteiger partial charge on any atom is -0.484 e. The lowest BCUT2D eigenvalue weighted by atomic mass is 10.2. The SMILES string of the molecule is CC(=O)NC1=NC(=O)/C(=C\c2ccc(OCC(N)=O)cc2)S1. The number of rotatable bonds is 4. The fraction of sp³-hybridized carbons (Fsp3) is 0.143. The van der Waals surface area contributed by atoms with Gasteiger partial charge in [0, 0.05) is 6.92 Å². The second kappa shape index (κ2) is 6.90. The number of nitrogens with one attached hydrogen (secondary N) is 1. The Morgan fingerprint density at radius 2 is 2.05 bits per heavy atom. The Kier molecular flexibility index (Phi) is 4.95. The Hall–Kier alpha value is -2.61. The summed E-state index contributed by atoms with van der Waals surface area (Å²) in [6.45, 7) is 1.16. The third-order valence-corrected chi connectivity index (χ3v) is 3.36. The van der Waals surface area contributed by atoms with Gasteiger partial charge in [-0.25, -0.2) is 0 Å². The first-order chi connectivity index (χ1) is 10.4. The summed E-state index contributed by atoms with van der Waals surface area (Å²) < 4.78 is 5.14. The molecule has 3 amide bonds. The van der Waals surface area contributed by atoms with Crippen LogP contribution in [-0.2, 0) is 14.4 Å². The van der Waals surface area contributed by atoms with E-state index >= 15 is 0 Å². The minimum atomic E-state index is -0.554. The molecule has 0 atom stereocenters. The zero-order chi connectivity index (χ0) is 16.1. The Balaban J connectivity index is 2.03. The quantitative estimate of drug-likeness (QED) is 0.792. The van der Waals surface area contributed by atoms with Crippen LogP contribution in [0.3, 0.4) is 0 Å². The number of amides is 3. The van der Waals surface area contributed by atoms with Crippen LogP contribution in [0.4, 0.5) is 0 Å². The summed E-state index contributed by atoms with van der Waals surface area (Å²) in [7, 11) is 0. The number of thioether (sulfide) groups is 1. The topological polar surface area (TPSA) is 111 Å². The first kappa shape index (κ1) is 15.8. The molecule has 0 radical (unpaired) electrons. The molecule has 1 aliphatic heterocycles. The molecule has 8 heteroatoms. The maximum absolute atomic E-state index is 11.7. The van der Waals surface area contributed by atoms with Crippen molar-refractivity contribution < 1.29 is 19.1 Å². The van der Waals surface area contributed by atoms with Gasteiger partial charge in [0.15, 0.2) is 11.8 Å². The van der Waals surface area contributed by atoms with Crippen LogP contribution >= 0.6 is 11.8 Å². The number of aliphatic imine (C=N–C) groups is 1. The molecule has 22 heavy (non-hydrogen) atoms. The molecule has 1 aromatic rings. The summed E-state index contributed by atoms with van der Waals surface area (Å²) in [5, 5.41) is 2.74. The predicted octanol–water partition coefficient (Wildman–Crippen LogP) is 0.657. The number of ether oxygens (including phenoxy) is 1. The third kappa shape index (κ3) is 4.45.